The van der Waals surface area contributed by atoms with Crippen LogP contribution in [0.4, 0.5) is 0 Å². The number of thioether (sulfide) groups is 1. The lowest BCUT2D eigenvalue weighted by Crippen LogP contribution is -1.88. The maximum atomic E-state index is 4.37. The summed E-state index contributed by atoms with van der Waals surface area (Å²) in [5.41, 5.74) is 1.74. The summed E-state index contributed by atoms with van der Waals surface area (Å²) < 4.78 is 0. The van der Waals surface area contributed by atoms with Gasteiger partial charge < -0.3 is 4.98 Å². The first-order valence-electron chi connectivity index (χ1n) is 11.7. The molecule has 28 heavy (non-hydrogen) atoms. The fraction of sp³-hybridized carbons (Fsp3) is 0.783. The van der Waals surface area contributed by atoms with Gasteiger partial charge in [0.25, 0.3) is 0 Å². The second kappa shape index (κ2) is 15.8. The van der Waals surface area contributed by atoms with Gasteiger partial charge in [-0.05, 0) is 12.2 Å². The molecular formula is C23H40N4S. The van der Waals surface area contributed by atoms with E-state index in [2.05, 4.69) is 26.9 Å². The number of imidazole rings is 1. The summed E-state index contributed by atoms with van der Waals surface area (Å²) in [4.78, 5) is 15.9. The topological polar surface area (TPSA) is 54.5 Å². The summed E-state index contributed by atoms with van der Waals surface area (Å²) in [5, 5.41) is 1.03. The van der Waals surface area contributed by atoms with Crippen molar-refractivity contribution in [2.75, 3.05) is 5.75 Å². The van der Waals surface area contributed by atoms with Crippen LogP contribution < -0.4 is 0 Å². The first kappa shape index (κ1) is 23.2. The lowest BCUT2D eigenvalue weighted by molar-refractivity contribution is 0.531. The molecule has 0 saturated carbocycles. The Morgan fingerprint density at radius 3 is 1.79 bits per heavy atom. The Balaban J connectivity index is 1.32. The van der Waals surface area contributed by atoms with E-state index >= 15 is 0 Å². The number of aromatic amines is 1. The molecule has 0 atom stereocenters. The van der Waals surface area contributed by atoms with Crippen molar-refractivity contribution in [1.82, 2.24) is 19.9 Å². The van der Waals surface area contributed by atoms with Gasteiger partial charge in [0, 0.05) is 0 Å². The van der Waals surface area contributed by atoms with E-state index in [1.54, 1.807) is 12.7 Å². The van der Waals surface area contributed by atoms with Crippen LogP contribution in [0.1, 0.15) is 110 Å². The van der Waals surface area contributed by atoms with Crippen LogP contribution in [0.3, 0.4) is 0 Å². The highest BCUT2D eigenvalue weighted by molar-refractivity contribution is 7.99. The standard InChI is InChI=1S/C23H40N4S/c1-2-3-4-5-6-7-8-9-10-11-12-13-14-15-16-17-18-28-23-21-22(25-19-24-21)26-20-27-23/h19-20H,2-18H2,1H3,(H,24,25,26,27). The third-order valence-electron chi connectivity index (χ3n) is 5.42. The molecule has 5 heteroatoms. The van der Waals surface area contributed by atoms with Crippen LogP contribution in [-0.4, -0.2) is 25.7 Å². The number of rotatable bonds is 18. The van der Waals surface area contributed by atoms with Crippen molar-refractivity contribution in [3.05, 3.63) is 12.7 Å². The number of nitrogens with zero attached hydrogens (tertiary/aromatic N) is 3. The fourth-order valence-corrected chi connectivity index (χ4v) is 4.63. The maximum absolute atomic E-state index is 4.37. The van der Waals surface area contributed by atoms with Gasteiger partial charge in [0.1, 0.15) is 16.9 Å². The number of hydrogen-bond acceptors (Lipinski definition) is 4. The first-order chi connectivity index (χ1) is 13.9. The summed E-state index contributed by atoms with van der Waals surface area (Å²) in [6.45, 7) is 2.29. The molecule has 0 aliphatic rings. The molecule has 0 amide bonds. The van der Waals surface area contributed by atoms with Crippen LogP contribution in [0.15, 0.2) is 17.7 Å². The van der Waals surface area contributed by atoms with Crippen molar-refractivity contribution in [2.24, 2.45) is 0 Å². The average molecular weight is 405 g/mol. The molecule has 4 nitrogen and oxygen atoms in total. The van der Waals surface area contributed by atoms with Gasteiger partial charge in [0.2, 0.25) is 0 Å². The molecule has 2 heterocycles. The molecule has 0 radical (unpaired) electrons. The van der Waals surface area contributed by atoms with Crippen molar-refractivity contribution >= 4 is 22.9 Å². The van der Waals surface area contributed by atoms with Gasteiger partial charge in [-0.3, -0.25) is 0 Å². The molecule has 2 rings (SSSR count). The van der Waals surface area contributed by atoms with E-state index in [0.717, 1.165) is 21.9 Å². The lowest BCUT2D eigenvalue weighted by atomic mass is 10.0. The van der Waals surface area contributed by atoms with Crippen LogP contribution in [-0.2, 0) is 0 Å². The molecule has 0 aromatic carbocycles. The van der Waals surface area contributed by atoms with Crippen LogP contribution >= 0.6 is 11.8 Å². The smallest absolute Gasteiger partial charge is 0.181 e. The van der Waals surface area contributed by atoms with Crippen LogP contribution in [0.5, 0.6) is 0 Å². The maximum Gasteiger partial charge on any atom is 0.181 e. The van der Waals surface area contributed by atoms with E-state index in [0.29, 0.717) is 0 Å². The molecular weight excluding hydrogens is 364 g/mol. The summed E-state index contributed by atoms with van der Waals surface area (Å²) in [6.07, 6.45) is 26.0. The van der Waals surface area contributed by atoms with E-state index in [9.17, 15) is 0 Å². The van der Waals surface area contributed by atoms with E-state index in [1.165, 1.54) is 103 Å². The number of aromatic nitrogens is 4. The largest absolute Gasteiger partial charge is 0.341 e. The van der Waals surface area contributed by atoms with Gasteiger partial charge >= 0.3 is 0 Å². The Morgan fingerprint density at radius 2 is 1.21 bits per heavy atom. The number of fused-ring (bicyclic) bond motifs is 1. The third kappa shape index (κ3) is 9.90. The van der Waals surface area contributed by atoms with Crippen LogP contribution in [0.25, 0.3) is 11.2 Å². The molecule has 2 aromatic heterocycles. The van der Waals surface area contributed by atoms with Crippen molar-refractivity contribution in [1.29, 1.82) is 0 Å². The van der Waals surface area contributed by atoms with Gasteiger partial charge in [0.15, 0.2) is 5.65 Å². The second-order valence-corrected chi connectivity index (χ2v) is 9.02. The van der Waals surface area contributed by atoms with Gasteiger partial charge in [-0.1, -0.05) is 103 Å². The molecule has 0 unspecified atom stereocenters. The molecule has 2 aromatic rings. The Hall–Kier alpha value is -1.10. The van der Waals surface area contributed by atoms with E-state index < -0.39 is 0 Å². The Kier molecular flexibility index (Phi) is 13.1. The van der Waals surface area contributed by atoms with Crippen molar-refractivity contribution in [3.8, 4) is 0 Å². The van der Waals surface area contributed by atoms with E-state index in [4.69, 9.17) is 0 Å². The van der Waals surface area contributed by atoms with Crippen LogP contribution in [0.2, 0.25) is 0 Å². The highest BCUT2D eigenvalue weighted by Crippen LogP contribution is 2.23. The Labute approximate surface area is 176 Å². The number of nitrogens with one attached hydrogen (secondary N) is 1. The van der Waals surface area contributed by atoms with Gasteiger partial charge in [-0.2, -0.15) is 0 Å². The summed E-state index contributed by atoms with van der Waals surface area (Å²) >= 11 is 1.82. The minimum atomic E-state index is 0.768. The molecule has 158 valence electrons. The van der Waals surface area contributed by atoms with Crippen LogP contribution in [0, 0.1) is 0 Å². The first-order valence-corrected chi connectivity index (χ1v) is 12.7. The monoisotopic (exact) mass is 404 g/mol. The number of hydrogen-bond donors (Lipinski definition) is 1. The van der Waals surface area contributed by atoms with Gasteiger partial charge in [0.05, 0.1) is 6.33 Å². The SMILES string of the molecule is CCCCCCCCCCCCCCCCCCSc1ncnc2nc[nH]c12. The summed E-state index contributed by atoms with van der Waals surface area (Å²) in [6, 6.07) is 0. The molecule has 0 saturated heterocycles. The second-order valence-electron chi connectivity index (χ2n) is 7.93. The predicted molar refractivity (Wildman–Crippen MR) is 122 cm³/mol. The minimum absolute atomic E-state index is 0.768. The summed E-state index contributed by atoms with van der Waals surface area (Å²) in [7, 11) is 0. The highest BCUT2D eigenvalue weighted by atomic mass is 32.2. The average Bonchev–Trinajstić information content (AvgIpc) is 3.20. The fourth-order valence-electron chi connectivity index (χ4n) is 3.67. The van der Waals surface area contributed by atoms with E-state index in [1.807, 2.05) is 11.8 Å². The van der Waals surface area contributed by atoms with Gasteiger partial charge in [-0.25, -0.2) is 15.0 Å². The zero-order valence-electron chi connectivity index (χ0n) is 17.9. The predicted octanol–water partition coefficient (Wildman–Crippen LogP) is 7.71. The van der Waals surface area contributed by atoms with E-state index in [-0.39, 0.29) is 0 Å². The molecule has 0 bridgehead atoms. The molecule has 1 N–H and O–H groups in total. The normalized spacial score (nSPS) is 11.5. The van der Waals surface area contributed by atoms with Gasteiger partial charge in [-0.15, -0.1) is 11.8 Å². The molecule has 0 fully saturated rings. The van der Waals surface area contributed by atoms with Crippen molar-refractivity contribution < 1.29 is 0 Å². The third-order valence-corrected chi connectivity index (χ3v) is 6.50. The number of H-pyrrole nitrogens is 1. The Morgan fingerprint density at radius 1 is 0.679 bits per heavy atom. The quantitative estimate of drug-likeness (QED) is 0.157. The Bertz CT molecular complexity index is 613. The minimum Gasteiger partial charge on any atom is -0.341 e. The summed E-state index contributed by atoms with van der Waals surface area (Å²) in [5.74, 6) is 1.13. The van der Waals surface area contributed by atoms with Crippen molar-refractivity contribution in [2.45, 2.75) is 115 Å². The highest BCUT2D eigenvalue weighted by Gasteiger charge is 2.05. The molecule has 0 aliphatic carbocycles. The lowest BCUT2D eigenvalue weighted by Gasteiger charge is -2.04. The zero-order chi connectivity index (χ0) is 19.7. The molecule has 0 spiro atoms. The van der Waals surface area contributed by atoms with Crippen molar-refractivity contribution in [3.63, 3.8) is 0 Å². The zero-order valence-corrected chi connectivity index (χ0v) is 18.7. The number of unbranched alkanes of at least 4 members (excludes halogenated alkanes) is 15. The molecule has 0 aliphatic heterocycles.